The van der Waals surface area contributed by atoms with Crippen LogP contribution in [-0.4, -0.2) is 22.7 Å². The summed E-state index contributed by atoms with van der Waals surface area (Å²) < 4.78 is 0. The number of amides is 1. The van der Waals surface area contributed by atoms with Crippen LogP contribution < -0.4 is 5.01 Å². The molecule has 0 saturated heterocycles. The van der Waals surface area contributed by atoms with Crippen LogP contribution in [0.5, 0.6) is 0 Å². The Labute approximate surface area is 169 Å². The summed E-state index contributed by atoms with van der Waals surface area (Å²) in [6.07, 6.45) is 2.16. The number of benzene rings is 2. The van der Waals surface area contributed by atoms with Crippen molar-refractivity contribution in [3.63, 3.8) is 0 Å². The van der Waals surface area contributed by atoms with Gasteiger partial charge < -0.3 is 5.11 Å². The van der Waals surface area contributed by atoms with Crippen LogP contribution in [-0.2, 0) is 9.59 Å². The first-order chi connectivity index (χ1) is 13.9. The van der Waals surface area contributed by atoms with Crippen molar-refractivity contribution in [3.8, 4) is 6.07 Å². The summed E-state index contributed by atoms with van der Waals surface area (Å²) in [5, 5.41) is 24.4. The molecule has 1 atom stereocenters. The van der Waals surface area contributed by atoms with Gasteiger partial charge in [-0.3, -0.25) is 4.79 Å². The van der Waals surface area contributed by atoms with E-state index in [1.165, 1.54) is 5.01 Å². The maximum atomic E-state index is 13.0. The molecule has 0 fully saturated rings. The van der Waals surface area contributed by atoms with Crippen molar-refractivity contribution in [1.82, 2.24) is 0 Å². The third-order valence-corrected chi connectivity index (χ3v) is 4.86. The molecule has 0 aliphatic carbocycles. The first-order valence-corrected chi connectivity index (χ1v) is 9.35. The van der Waals surface area contributed by atoms with Gasteiger partial charge in [-0.05, 0) is 55.7 Å². The van der Waals surface area contributed by atoms with E-state index in [0.29, 0.717) is 28.9 Å². The van der Waals surface area contributed by atoms with E-state index >= 15 is 0 Å². The van der Waals surface area contributed by atoms with Crippen LogP contribution in [0.4, 0.5) is 5.69 Å². The highest BCUT2D eigenvalue weighted by molar-refractivity contribution is 6.16. The molecule has 6 nitrogen and oxygen atoms in total. The number of hydrogen-bond acceptors (Lipinski definition) is 4. The fourth-order valence-corrected chi connectivity index (χ4v) is 3.21. The van der Waals surface area contributed by atoms with Crippen LogP contribution in [0, 0.1) is 24.2 Å². The number of anilines is 1. The SMILES string of the molecule is CCC1=NN(c2ccc(C)cc2)C(=O)C1C/C(=C/c1ccc(C#N)cc1)C(=O)O. The van der Waals surface area contributed by atoms with Gasteiger partial charge in [-0.15, -0.1) is 0 Å². The molecule has 2 aromatic rings. The minimum atomic E-state index is -1.08. The first-order valence-electron chi connectivity index (χ1n) is 9.35. The molecular weight excluding hydrogens is 366 g/mol. The Morgan fingerprint density at radius 3 is 2.41 bits per heavy atom. The van der Waals surface area contributed by atoms with Gasteiger partial charge in [-0.1, -0.05) is 36.8 Å². The summed E-state index contributed by atoms with van der Waals surface area (Å²) in [5.41, 5.74) is 3.70. The molecule has 1 amide bonds. The van der Waals surface area contributed by atoms with Gasteiger partial charge in [-0.25, -0.2) is 9.80 Å². The van der Waals surface area contributed by atoms with Crippen LogP contribution in [0.2, 0.25) is 0 Å². The van der Waals surface area contributed by atoms with Crippen molar-refractivity contribution in [2.24, 2.45) is 11.0 Å². The molecule has 2 aromatic carbocycles. The Morgan fingerprint density at radius 2 is 1.86 bits per heavy atom. The van der Waals surface area contributed by atoms with E-state index in [1.54, 1.807) is 30.3 Å². The lowest BCUT2D eigenvalue weighted by Crippen LogP contribution is -2.28. The van der Waals surface area contributed by atoms with E-state index in [2.05, 4.69) is 5.10 Å². The number of aliphatic carboxylic acids is 1. The lowest BCUT2D eigenvalue weighted by atomic mass is 9.92. The number of carboxylic acid groups (broad SMARTS) is 1. The molecule has 29 heavy (non-hydrogen) atoms. The number of nitrogens with zero attached hydrogens (tertiary/aromatic N) is 3. The highest BCUT2D eigenvalue weighted by Crippen LogP contribution is 2.29. The summed E-state index contributed by atoms with van der Waals surface area (Å²) >= 11 is 0. The summed E-state index contributed by atoms with van der Waals surface area (Å²) in [6.45, 7) is 3.87. The molecule has 0 spiro atoms. The van der Waals surface area contributed by atoms with E-state index in [0.717, 1.165) is 5.56 Å². The van der Waals surface area contributed by atoms with Crippen LogP contribution >= 0.6 is 0 Å². The highest BCUT2D eigenvalue weighted by atomic mass is 16.4. The second-order valence-electron chi connectivity index (χ2n) is 6.90. The molecule has 1 heterocycles. The van der Waals surface area contributed by atoms with Gasteiger partial charge in [0.15, 0.2) is 0 Å². The lowest BCUT2D eigenvalue weighted by Gasteiger charge is -2.15. The number of carbonyl (C=O) groups is 2. The molecule has 1 unspecified atom stereocenters. The molecule has 0 saturated carbocycles. The van der Waals surface area contributed by atoms with Gasteiger partial charge in [-0.2, -0.15) is 10.4 Å². The number of rotatable bonds is 6. The number of hydrogen-bond donors (Lipinski definition) is 1. The zero-order valence-corrected chi connectivity index (χ0v) is 16.3. The maximum absolute atomic E-state index is 13.0. The summed E-state index contributed by atoms with van der Waals surface area (Å²) in [6, 6.07) is 16.1. The Morgan fingerprint density at radius 1 is 1.21 bits per heavy atom. The first kappa shape index (κ1) is 20.0. The molecule has 1 aliphatic heterocycles. The predicted molar refractivity (Wildman–Crippen MR) is 111 cm³/mol. The molecular formula is C23H21N3O3. The van der Waals surface area contributed by atoms with E-state index in [1.807, 2.05) is 44.2 Å². The number of nitriles is 1. The summed E-state index contributed by atoms with van der Waals surface area (Å²) in [4.78, 5) is 24.8. The highest BCUT2D eigenvalue weighted by Gasteiger charge is 2.37. The van der Waals surface area contributed by atoms with Crippen molar-refractivity contribution in [2.45, 2.75) is 26.7 Å². The molecule has 1 aliphatic rings. The molecule has 146 valence electrons. The number of aryl methyl sites for hydroxylation is 1. The predicted octanol–water partition coefficient (Wildman–Crippen LogP) is 4.15. The molecule has 0 bridgehead atoms. The molecule has 3 rings (SSSR count). The van der Waals surface area contributed by atoms with Crippen molar-refractivity contribution in [3.05, 3.63) is 70.8 Å². The zero-order valence-electron chi connectivity index (χ0n) is 16.3. The van der Waals surface area contributed by atoms with Gasteiger partial charge in [0.25, 0.3) is 5.91 Å². The topological polar surface area (TPSA) is 93.8 Å². The standard InChI is InChI=1S/C23H21N3O3/c1-3-21-20(22(27)26(25-21)19-10-4-15(2)5-11-19)13-18(23(28)29)12-16-6-8-17(14-24)9-7-16/h4-12,20H,3,13H2,1-2H3,(H,28,29)/b18-12-. The van der Waals surface area contributed by atoms with Gasteiger partial charge >= 0.3 is 5.97 Å². The Hall–Kier alpha value is -3.72. The van der Waals surface area contributed by atoms with E-state index in [-0.39, 0.29) is 17.9 Å². The van der Waals surface area contributed by atoms with Crippen LogP contribution in [0.1, 0.15) is 36.5 Å². The van der Waals surface area contributed by atoms with Crippen LogP contribution in [0.3, 0.4) is 0 Å². The van der Waals surface area contributed by atoms with Gasteiger partial charge in [0.2, 0.25) is 0 Å². The molecule has 0 aromatic heterocycles. The average molecular weight is 387 g/mol. The second kappa shape index (κ2) is 8.53. The Bertz CT molecular complexity index is 1030. The minimum absolute atomic E-state index is 0.0587. The molecule has 6 heteroatoms. The number of carboxylic acids is 1. The smallest absolute Gasteiger partial charge is 0.331 e. The van der Waals surface area contributed by atoms with Crippen LogP contribution in [0.25, 0.3) is 6.08 Å². The quantitative estimate of drug-likeness (QED) is 0.753. The minimum Gasteiger partial charge on any atom is -0.478 e. The largest absolute Gasteiger partial charge is 0.478 e. The average Bonchev–Trinajstić information content (AvgIpc) is 3.04. The van der Waals surface area contributed by atoms with Crippen molar-refractivity contribution in [1.29, 1.82) is 5.26 Å². The fourth-order valence-electron chi connectivity index (χ4n) is 3.21. The lowest BCUT2D eigenvalue weighted by molar-refractivity contribution is -0.132. The van der Waals surface area contributed by atoms with Crippen molar-refractivity contribution >= 4 is 29.4 Å². The normalized spacial score (nSPS) is 16.5. The maximum Gasteiger partial charge on any atom is 0.331 e. The number of hydrazone groups is 1. The van der Waals surface area contributed by atoms with E-state index in [4.69, 9.17) is 5.26 Å². The third-order valence-electron chi connectivity index (χ3n) is 4.86. The Kier molecular flexibility index (Phi) is 5.89. The molecule has 1 N–H and O–H groups in total. The zero-order chi connectivity index (χ0) is 21.0. The number of carbonyl (C=O) groups excluding carboxylic acids is 1. The monoisotopic (exact) mass is 387 g/mol. The Balaban J connectivity index is 1.87. The van der Waals surface area contributed by atoms with Gasteiger partial charge in [0, 0.05) is 5.57 Å². The van der Waals surface area contributed by atoms with E-state index in [9.17, 15) is 14.7 Å². The van der Waals surface area contributed by atoms with Crippen molar-refractivity contribution < 1.29 is 14.7 Å². The third kappa shape index (κ3) is 4.41. The van der Waals surface area contributed by atoms with E-state index < -0.39 is 11.9 Å². The molecule has 0 radical (unpaired) electrons. The second-order valence-corrected chi connectivity index (χ2v) is 6.90. The van der Waals surface area contributed by atoms with Gasteiger partial charge in [0.05, 0.1) is 28.9 Å². The van der Waals surface area contributed by atoms with Crippen molar-refractivity contribution in [2.75, 3.05) is 5.01 Å². The summed E-state index contributed by atoms with van der Waals surface area (Å²) in [7, 11) is 0. The fraction of sp³-hybridized carbons (Fsp3) is 0.217. The van der Waals surface area contributed by atoms with Crippen LogP contribution in [0.15, 0.2) is 59.2 Å². The summed E-state index contributed by atoms with van der Waals surface area (Å²) in [5.74, 6) is -1.91. The van der Waals surface area contributed by atoms with Gasteiger partial charge in [0.1, 0.15) is 0 Å².